The molecule has 0 saturated carbocycles. The number of benzene rings is 1. The molecule has 1 saturated heterocycles. The van der Waals surface area contributed by atoms with Gasteiger partial charge in [0.15, 0.2) is 0 Å². The van der Waals surface area contributed by atoms with Crippen LogP contribution < -0.4 is 5.32 Å². The lowest BCUT2D eigenvalue weighted by atomic mass is 10.0. The Kier molecular flexibility index (Phi) is 6.68. The molecular formula is C18H31N3. The van der Waals surface area contributed by atoms with E-state index in [1.54, 1.807) is 0 Å². The average Bonchev–Trinajstić information content (AvgIpc) is 2.50. The number of nitrogens with one attached hydrogen (secondary N) is 1. The molecule has 0 radical (unpaired) electrons. The third-order valence-electron chi connectivity index (χ3n) is 4.61. The van der Waals surface area contributed by atoms with Gasteiger partial charge in [-0.2, -0.15) is 0 Å². The maximum absolute atomic E-state index is 3.38. The predicted molar refractivity (Wildman–Crippen MR) is 90.7 cm³/mol. The van der Waals surface area contributed by atoms with E-state index in [-0.39, 0.29) is 0 Å². The first-order valence-electron chi connectivity index (χ1n) is 8.36. The summed E-state index contributed by atoms with van der Waals surface area (Å²) in [4.78, 5) is 4.96. The smallest absolute Gasteiger partial charge is 0.0233 e. The fourth-order valence-corrected chi connectivity index (χ4v) is 3.07. The van der Waals surface area contributed by atoms with Crippen molar-refractivity contribution >= 4 is 0 Å². The standard InChI is InChI=1S/C18H31N3/c1-4-19-12-9-16-5-7-17(8-6-16)15-21(3)18-10-13-20(2)14-11-18/h5-8,18-19H,4,9-15H2,1-3H3. The van der Waals surface area contributed by atoms with Gasteiger partial charge in [0.2, 0.25) is 0 Å². The van der Waals surface area contributed by atoms with Crippen LogP contribution in [-0.4, -0.2) is 56.1 Å². The average molecular weight is 289 g/mol. The summed E-state index contributed by atoms with van der Waals surface area (Å²) in [7, 11) is 4.50. The molecule has 0 bridgehead atoms. The number of likely N-dealkylation sites (tertiary alicyclic amines) is 1. The van der Waals surface area contributed by atoms with Crippen LogP contribution in [0.5, 0.6) is 0 Å². The highest BCUT2D eigenvalue weighted by Gasteiger charge is 2.20. The van der Waals surface area contributed by atoms with Crippen LogP contribution in [0.15, 0.2) is 24.3 Å². The van der Waals surface area contributed by atoms with E-state index in [9.17, 15) is 0 Å². The molecule has 0 unspecified atom stereocenters. The second-order valence-corrected chi connectivity index (χ2v) is 6.37. The van der Waals surface area contributed by atoms with Gasteiger partial charge < -0.3 is 10.2 Å². The van der Waals surface area contributed by atoms with Crippen molar-refractivity contribution < 1.29 is 0 Å². The first kappa shape index (κ1) is 16.5. The molecule has 0 amide bonds. The van der Waals surface area contributed by atoms with Gasteiger partial charge in [0.05, 0.1) is 0 Å². The van der Waals surface area contributed by atoms with Gasteiger partial charge in [0.1, 0.15) is 0 Å². The predicted octanol–water partition coefficient (Wildman–Crippen LogP) is 2.36. The van der Waals surface area contributed by atoms with Crippen LogP contribution >= 0.6 is 0 Å². The van der Waals surface area contributed by atoms with Crippen molar-refractivity contribution in [2.75, 3.05) is 40.3 Å². The highest BCUT2D eigenvalue weighted by molar-refractivity contribution is 5.22. The molecule has 3 heteroatoms. The summed E-state index contributed by atoms with van der Waals surface area (Å²) in [5, 5.41) is 3.38. The van der Waals surface area contributed by atoms with Gasteiger partial charge in [-0.25, -0.2) is 0 Å². The molecule has 1 aliphatic heterocycles. The number of hydrogen-bond acceptors (Lipinski definition) is 3. The minimum Gasteiger partial charge on any atom is -0.317 e. The summed E-state index contributed by atoms with van der Waals surface area (Å²) in [6.07, 6.45) is 3.72. The van der Waals surface area contributed by atoms with E-state index < -0.39 is 0 Å². The van der Waals surface area contributed by atoms with Gasteiger partial charge in [0, 0.05) is 12.6 Å². The van der Waals surface area contributed by atoms with Crippen LogP contribution in [0.4, 0.5) is 0 Å². The van der Waals surface area contributed by atoms with Crippen LogP contribution in [-0.2, 0) is 13.0 Å². The molecule has 1 N–H and O–H groups in total. The van der Waals surface area contributed by atoms with E-state index in [1.165, 1.54) is 37.1 Å². The Morgan fingerprint density at radius 2 is 1.76 bits per heavy atom. The fourth-order valence-electron chi connectivity index (χ4n) is 3.07. The normalized spacial score (nSPS) is 17.5. The maximum atomic E-state index is 3.38. The molecule has 0 atom stereocenters. The zero-order chi connectivity index (χ0) is 15.1. The number of piperidine rings is 1. The molecule has 2 rings (SSSR count). The van der Waals surface area contributed by atoms with E-state index in [4.69, 9.17) is 0 Å². The maximum Gasteiger partial charge on any atom is 0.0233 e. The van der Waals surface area contributed by atoms with Crippen molar-refractivity contribution in [3.63, 3.8) is 0 Å². The second-order valence-electron chi connectivity index (χ2n) is 6.37. The lowest BCUT2D eigenvalue weighted by Gasteiger charge is -2.35. The van der Waals surface area contributed by atoms with Crippen molar-refractivity contribution in [1.29, 1.82) is 0 Å². The second kappa shape index (κ2) is 8.52. The minimum atomic E-state index is 0.745. The number of nitrogens with zero attached hydrogens (tertiary/aromatic N) is 2. The van der Waals surface area contributed by atoms with Gasteiger partial charge in [-0.1, -0.05) is 31.2 Å². The van der Waals surface area contributed by atoms with Gasteiger partial charge in [-0.3, -0.25) is 4.90 Å². The fraction of sp³-hybridized carbons (Fsp3) is 0.667. The molecular weight excluding hydrogens is 258 g/mol. The van der Waals surface area contributed by atoms with Gasteiger partial charge in [-0.05, 0) is 70.7 Å². The van der Waals surface area contributed by atoms with Crippen LogP contribution in [0.25, 0.3) is 0 Å². The van der Waals surface area contributed by atoms with E-state index in [1.807, 2.05) is 0 Å². The third kappa shape index (κ3) is 5.42. The molecule has 0 aliphatic carbocycles. The Bertz CT molecular complexity index is 393. The van der Waals surface area contributed by atoms with E-state index in [0.717, 1.165) is 32.1 Å². The molecule has 1 aromatic carbocycles. The Hall–Kier alpha value is -0.900. The lowest BCUT2D eigenvalue weighted by molar-refractivity contribution is 0.139. The van der Waals surface area contributed by atoms with Crippen LogP contribution in [0.2, 0.25) is 0 Å². The molecule has 1 aliphatic rings. The molecule has 21 heavy (non-hydrogen) atoms. The first-order chi connectivity index (χ1) is 10.2. The quantitative estimate of drug-likeness (QED) is 0.778. The van der Waals surface area contributed by atoms with E-state index >= 15 is 0 Å². The number of rotatable bonds is 7. The summed E-state index contributed by atoms with van der Waals surface area (Å²) in [6.45, 7) is 7.82. The zero-order valence-corrected chi connectivity index (χ0v) is 13.9. The Morgan fingerprint density at radius 3 is 2.38 bits per heavy atom. The van der Waals surface area contributed by atoms with Crippen molar-refractivity contribution in [1.82, 2.24) is 15.1 Å². The van der Waals surface area contributed by atoms with Gasteiger partial charge in [0.25, 0.3) is 0 Å². The number of likely N-dealkylation sites (N-methyl/N-ethyl adjacent to an activating group) is 1. The highest BCUT2D eigenvalue weighted by atomic mass is 15.2. The zero-order valence-electron chi connectivity index (χ0n) is 13.9. The molecule has 1 aromatic rings. The third-order valence-corrected chi connectivity index (χ3v) is 4.61. The monoisotopic (exact) mass is 289 g/mol. The molecule has 1 heterocycles. The topological polar surface area (TPSA) is 18.5 Å². The van der Waals surface area contributed by atoms with E-state index in [0.29, 0.717) is 0 Å². The van der Waals surface area contributed by atoms with Crippen LogP contribution in [0, 0.1) is 0 Å². The molecule has 3 nitrogen and oxygen atoms in total. The van der Waals surface area contributed by atoms with Crippen molar-refractivity contribution in [2.24, 2.45) is 0 Å². The summed E-state index contributed by atoms with van der Waals surface area (Å²) in [6, 6.07) is 9.92. The Balaban J connectivity index is 1.79. The molecule has 118 valence electrons. The summed E-state index contributed by atoms with van der Waals surface area (Å²) < 4.78 is 0. The summed E-state index contributed by atoms with van der Waals surface area (Å²) in [5.74, 6) is 0. The van der Waals surface area contributed by atoms with Crippen molar-refractivity contribution in [2.45, 2.75) is 38.8 Å². The molecule has 0 spiro atoms. The van der Waals surface area contributed by atoms with Gasteiger partial charge in [-0.15, -0.1) is 0 Å². The van der Waals surface area contributed by atoms with E-state index in [2.05, 4.69) is 60.4 Å². The molecule has 0 aromatic heterocycles. The largest absolute Gasteiger partial charge is 0.317 e. The van der Waals surface area contributed by atoms with Gasteiger partial charge >= 0.3 is 0 Å². The van der Waals surface area contributed by atoms with Crippen molar-refractivity contribution in [3.05, 3.63) is 35.4 Å². The van der Waals surface area contributed by atoms with Crippen LogP contribution in [0.3, 0.4) is 0 Å². The lowest BCUT2D eigenvalue weighted by Crippen LogP contribution is -2.41. The Morgan fingerprint density at radius 1 is 1.14 bits per heavy atom. The summed E-state index contributed by atoms with van der Waals surface area (Å²) >= 11 is 0. The first-order valence-corrected chi connectivity index (χ1v) is 8.36. The molecule has 1 fully saturated rings. The van der Waals surface area contributed by atoms with Crippen LogP contribution in [0.1, 0.15) is 30.9 Å². The number of hydrogen-bond donors (Lipinski definition) is 1. The summed E-state index contributed by atoms with van der Waals surface area (Å²) in [5.41, 5.74) is 2.87. The SMILES string of the molecule is CCNCCc1ccc(CN(C)C2CCN(C)CC2)cc1. The highest BCUT2D eigenvalue weighted by Crippen LogP contribution is 2.17. The van der Waals surface area contributed by atoms with Crippen molar-refractivity contribution in [3.8, 4) is 0 Å². The minimum absolute atomic E-state index is 0.745. The Labute approximate surface area is 130 Å².